The standard InChI is InChI=1S/C28H28FN3O7/c1-37-15-39-22-11-12-23(38-2)25(29)24(22)26(34)16-3-5-17(6-4-16)27(35)31-20-13-30-14-21(20)32-28(36)18-7-9-19(33)10-8-18/h3-12,20-21,30,33H,13-15H2,1-2H3,(H,31,35)(H,32,36). The monoisotopic (exact) mass is 537 g/mol. The quantitative estimate of drug-likeness (QED) is 0.229. The summed E-state index contributed by atoms with van der Waals surface area (Å²) in [6, 6.07) is 13.7. The van der Waals surface area contributed by atoms with Crippen molar-refractivity contribution in [3.63, 3.8) is 0 Å². The minimum absolute atomic E-state index is 0.00361. The smallest absolute Gasteiger partial charge is 0.251 e. The zero-order chi connectivity index (χ0) is 27.9. The molecule has 0 radical (unpaired) electrons. The number of nitrogens with one attached hydrogen (secondary N) is 3. The van der Waals surface area contributed by atoms with Crippen molar-refractivity contribution in [1.82, 2.24) is 16.0 Å². The summed E-state index contributed by atoms with van der Waals surface area (Å²) in [6.45, 7) is 0.724. The zero-order valence-corrected chi connectivity index (χ0v) is 21.3. The van der Waals surface area contributed by atoms with Crippen LogP contribution in [0, 0.1) is 5.82 Å². The largest absolute Gasteiger partial charge is 0.508 e. The van der Waals surface area contributed by atoms with Crippen molar-refractivity contribution in [3.8, 4) is 17.2 Å². The average Bonchev–Trinajstić information content (AvgIpc) is 3.38. The van der Waals surface area contributed by atoms with Gasteiger partial charge in [0.25, 0.3) is 11.8 Å². The summed E-state index contributed by atoms with van der Waals surface area (Å²) < 4.78 is 30.2. The fourth-order valence-corrected chi connectivity index (χ4v) is 4.17. The molecule has 11 heteroatoms. The summed E-state index contributed by atoms with van der Waals surface area (Å²) >= 11 is 0. The zero-order valence-electron chi connectivity index (χ0n) is 21.3. The first-order valence-electron chi connectivity index (χ1n) is 12.1. The molecule has 2 unspecified atom stereocenters. The van der Waals surface area contributed by atoms with Gasteiger partial charge in [0.15, 0.2) is 24.1 Å². The lowest BCUT2D eigenvalue weighted by Gasteiger charge is -2.21. The number of rotatable bonds is 10. The lowest BCUT2D eigenvalue weighted by Crippen LogP contribution is -2.51. The number of hydrogen-bond acceptors (Lipinski definition) is 8. The first-order valence-corrected chi connectivity index (χ1v) is 12.1. The van der Waals surface area contributed by atoms with Crippen LogP contribution in [0.1, 0.15) is 36.6 Å². The molecule has 0 aliphatic carbocycles. The second kappa shape index (κ2) is 12.4. The van der Waals surface area contributed by atoms with Gasteiger partial charge in [0, 0.05) is 36.9 Å². The van der Waals surface area contributed by atoms with Gasteiger partial charge in [-0.25, -0.2) is 4.39 Å². The number of carbonyl (C=O) groups excluding carboxylic acids is 3. The Hall–Kier alpha value is -4.48. The topological polar surface area (TPSA) is 135 Å². The van der Waals surface area contributed by atoms with Gasteiger partial charge in [0.1, 0.15) is 17.1 Å². The summed E-state index contributed by atoms with van der Waals surface area (Å²) in [5, 5.41) is 18.3. The van der Waals surface area contributed by atoms with E-state index in [1.54, 1.807) is 0 Å². The first-order chi connectivity index (χ1) is 18.8. The molecular weight excluding hydrogens is 509 g/mol. The van der Waals surface area contributed by atoms with Gasteiger partial charge < -0.3 is 35.3 Å². The Morgan fingerprint density at radius 1 is 0.846 bits per heavy atom. The summed E-state index contributed by atoms with van der Waals surface area (Å²) in [5.41, 5.74) is 0.493. The molecule has 0 spiro atoms. The highest BCUT2D eigenvalue weighted by Crippen LogP contribution is 2.31. The average molecular weight is 538 g/mol. The molecule has 2 atom stereocenters. The van der Waals surface area contributed by atoms with Crippen LogP contribution in [0.2, 0.25) is 0 Å². The summed E-state index contributed by atoms with van der Waals surface area (Å²) in [7, 11) is 2.69. The van der Waals surface area contributed by atoms with Crippen LogP contribution < -0.4 is 25.4 Å². The van der Waals surface area contributed by atoms with Gasteiger partial charge in [-0.05, 0) is 48.5 Å². The van der Waals surface area contributed by atoms with Crippen molar-refractivity contribution in [2.24, 2.45) is 0 Å². The third-order valence-electron chi connectivity index (χ3n) is 6.23. The summed E-state index contributed by atoms with van der Waals surface area (Å²) in [6.07, 6.45) is 0. The van der Waals surface area contributed by atoms with Gasteiger partial charge in [-0.1, -0.05) is 12.1 Å². The van der Waals surface area contributed by atoms with E-state index >= 15 is 4.39 Å². The molecule has 0 bridgehead atoms. The van der Waals surface area contributed by atoms with E-state index in [0.717, 1.165) is 0 Å². The van der Waals surface area contributed by atoms with Crippen LogP contribution in [0.5, 0.6) is 17.2 Å². The van der Waals surface area contributed by atoms with E-state index in [1.165, 1.54) is 74.9 Å². The van der Waals surface area contributed by atoms with E-state index in [4.69, 9.17) is 14.2 Å². The van der Waals surface area contributed by atoms with Crippen LogP contribution >= 0.6 is 0 Å². The van der Waals surface area contributed by atoms with Crippen molar-refractivity contribution in [1.29, 1.82) is 0 Å². The third kappa shape index (κ3) is 6.33. The molecule has 3 aromatic carbocycles. The van der Waals surface area contributed by atoms with Crippen molar-refractivity contribution < 1.29 is 38.1 Å². The minimum Gasteiger partial charge on any atom is -0.508 e. The summed E-state index contributed by atoms with van der Waals surface area (Å²) in [4.78, 5) is 38.7. The highest BCUT2D eigenvalue weighted by atomic mass is 19.1. The summed E-state index contributed by atoms with van der Waals surface area (Å²) in [5.74, 6) is -2.31. The molecule has 1 aliphatic heterocycles. The molecule has 2 amide bonds. The predicted molar refractivity (Wildman–Crippen MR) is 139 cm³/mol. The third-order valence-corrected chi connectivity index (χ3v) is 6.23. The molecule has 0 saturated carbocycles. The van der Waals surface area contributed by atoms with Crippen LogP contribution in [0.4, 0.5) is 4.39 Å². The maximum absolute atomic E-state index is 15.0. The number of methoxy groups -OCH3 is 2. The second-order valence-corrected chi connectivity index (χ2v) is 8.78. The minimum atomic E-state index is -0.868. The van der Waals surface area contributed by atoms with E-state index in [1.807, 2.05) is 0 Å². The highest BCUT2D eigenvalue weighted by Gasteiger charge is 2.30. The fourth-order valence-electron chi connectivity index (χ4n) is 4.17. The molecule has 1 heterocycles. The van der Waals surface area contributed by atoms with Gasteiger partial charge in [0.05, 0.1) is 19.2 Å². The number of ketones is 1. The van der Waals surface area contributed by atoms with E-state index in [0.29, 0.717) is 18.7 Å². The van der Waals surface area contributed by atoms with E-state index in [-0.39, 0.29) is 58.7 Å². The Morgan fingerprint density at radius 3 is 1.90 bits per heavy atom. The van der Waals surface area contributed by atoms with Crippen molar-refractivity contribution in [2.75, 3.05) is 34.1 Å². The highest BCUT2D eigenvalue weighted by molar-refractivity contribution is 6.11. The Kier molecular flexibility index (Phi) is 8.74. The fraction of sp³-hybridized carbons (Fsp3) is 0.250. The number of benzene rings is 3. The predicted octanol–water partition coefficient (Wildman–Crippen LogP) is 2.25. The number of hydrogen-bond donors (Lipinski definition) is 4. The van der Waals surface area contributed by atoms with Crippen LogP contribution in [-0.4, -0.2) is 68.9 Å². The molecule has 1 fully saturated rings. The van der Waals surface area contributed by atoms with Gasteiger partial charge in [0.2, 0.25) is 0 Å². The molecule has 1 aliphatic rings. The van der Waals surface area contributed by atoms with Gasteiger partial charge in [-0.15, -0.1) is 0 Å². The molecule has 4 rings (SSSR count). The Morgan fingerprint density at radius 2 is 1.36 bits per heavy atom. The van der Waals surface area contributed by atoms with Crippen molar-refractivity contribution in [3.05, 3.63) is 88.7 Å². The van der Waals surface area contributed by atoms with Gasteiger partial charge in [-0.2, -0.15) is 0 Å². The van der Waals surface area contributed by atoms with E-state index in [9.17, 15) is 19.5 Å². The molecule has 0 aromatic heterocycles. The first kappa shape index (κ1) is 27.6. The molecule has 10 nitrogen and oxygen atoms in total. The van der Waals surface area contributed by atoms with E-state index in [2.05, 4.69) is 16.0 Å². The maximum atomic E-state index is 15.0. The molecule has 204 valence electrons. The normalized spacial score (nSPS) is 16.4. The Bertz CT molecular complexity index is 1350. The Labute approximate surface area is 224 Å². The number of amides is 2. The lowest BCUT2D eigenvalue weighted by atomic mass is 10.00. The SMILES string of the molecule is COCOc1ccc(OC)c(F)c1C(=O)c1ccc(C(=O)NC2CNCC2NC(=O)c2ccc(O)cc2)cc1. The second-order valence-electron chi connectivity index (χ2n) is 8.78. The number of ether oxygens (including phenoxy) is 3. The number of halogens is 1. The number of carbonyl (C=O) groups is 3. The lowest BCUT2D eigenvalue weighted by molar-refractivity contribution is 0.0500. The number of phenolic OH excluding ortho intramolecular Hbond substituents is 1. The van der Waals surface area contributed by atoms with Crippen molar-refractivity contribution >= 4 is 17.6 Å². The molecular formula is C28H28FN3O7. The molecule has 4 N–H and O–H groups in total. The molecule has 39 heavy (non-hydrogen) atoms. The van der Waals surface area contributed by atoms with Crippen LogP contribution in [0.3, 0.4) is 0 Å². The maximum Gasteiger partial charge on any atom is 0.251 e. The van der Waals surface area contributed by atoms with Crippen LogP contribution in [0.25, 0.3) is 0 Å². The Balaban J connectivity index is 1.44. The van der Waals surface area contributed by atoms with Crippen LogP contribution in [-0.2, 0) is 4.74 Å². The van der Waals surface area contributed by atoms with Crippen LogP contribution in [0.15, 0.2) is 60.7 Å². The van der Waals surface area contributed by atoms with Gasteiger partial charge in [-0.3, -0.25) is 14.4 Å². The van der Waals surface area contributed by atoms with Gasteiger partial charge >= 0.3 is 0 Å². The number of aromatic hydroxyl groups is 1. The number of phenols is 1. The molecule has 3 aromatic rings. The molecule has 1 saturated heterocycles. The van der Waals surface area contributed by atoms with Crippen molar-refractivity contribution in [2.45, 2.75) is 12.1 Å². The van der Waals surface area contributed by atoms with E-state index < -0.39 is 17.5 Å².